The molecule has 0 aliphatic rings. The van der Waals surface area contributed by atoms with E-state index in [2.05, 4.69) is 10.3 Å². The van der Waals surface area contributed by atoms with E-state index in [1.807, 2.05) is 6.07 Å². The van der Waals surface area contributed by atoms with E-state index in [-0.39, 0.29) is 17.7 Å². The van der Waals surface area contributed by atoms with Crippen molar-refractivity contribution in [2.45, 2.75) is 32.9 Å². The van der Waals surface area contributed by atoms with Crippen molar-refractivity contribution in [3.05, 3.63) is 53.6 Å². The van der Waals surface area contributed by atoms with Gasteiger partial charge in [-0.1, -0.05) is 12.1 Å². The van der Waals surface area contributed by atoms with Crippen molar-refractivity contribution in [1.82, 2.24) is 10.3 Å². The van der Waals surface area contributed by atoms with Crippen LogP contribution in [0.3, 0.4) is 0 Å². The molecule has 0 bridgehead atoms. The zero-order valence-electron chi connectivity index (χ0n) is 13.8. The van der Waals surface area contributed by atoms with Crippen LogP contribution >= 0.6 is 0 Å². The smallest absolute Gasteiger partial charge is 0.407 e. The molecule has 0 saturated carbocycles. The number of amides is 1. The molecule has 2 aromatic rings. The van der Waals surface area contributed by atoms with Gasteiger partial charge in [0.05, 0.1) is 23.9 Å². The zero-order chi connectivity index (χ0) is 17.7. The molecule has 0 spiro atoms. The number of benzene rings is 1. The molecule has 1 N–H and O–H groups in total. The average Bonchev–Trinajstić information content (AvgIpc) is 2.51. The molecule has 24 heavy (non-hydrogen) atoms. The fourth-order valence-corrected chi connectivity index (χ4v) is 2.06. The number of aromatic nitrogens is 1. The van der Waals surface area contributed by atoms with E-state index in [9.17, 15) is 9.18 Å². The number of nitriles is 1. The molecule has 0 unspecified atom stereocenters. The molecule has 1 aromatic heterocycles. The molecule has 6 heteroatoms. The van der Waals surface area contributed by atoms with E-state index in [4.69, 9.17) is 10.00 Å². The van der Waals surface area contributed by atoms with E-state index in [1.165, 1.54) is 18.3 Å². The van der Waals surface area contributed by atoms with Crippen LogP contribution in [-0.4, -0.2) is 16.7 Å². The molecule has 5 nitrogen and oxygen atoms in total. The Bertz CT molecular complexity index is 774. The number of halogens is 1. The van der Waals surface area contributed by atoms with Crippen LogP contribution in [0.5, 0.6) is 0 Å². The Morgan fingerprint density at radius 1 is 1.33 bits per heavy atom. The average molecular weight is 327 g/mol. The molecule has 0 atom stereocenters. The summed E-state index contributed by atoms with van der Waals surface area (Å²) in [6.07, 6.45) is 0.944. The summed E-state index contributed by atoms with van der Waals surface area (Å²) in [7, 11) is 0. The van der Waals surface area contributed by atoms with Crippen LogP contribution in [0.1, 0.15) is 32.0 Å². The van der Waals surface area contributed by atoms with Gasteiger partial charge >= 0.3 is 6.09 Å². The van der Waals surface area contributed by atoms with Gasteiger partial charge in [0, 0.05) is 17.3 Å². The number of rotatable bonds is 3. The lowest BCUT2D eigenvalue weighted by molar-refractivity contribution is 0.0523. The highest BCUT2D eigenvalue weighted by Gasteiger charge is 2.16. The normalized spacial score (nSPS) is 10.8. The molecule has 1 aromatic carbocycles. The van der Waals surface area contributed by atoms with Gasteiger partial charge in [-0.3, -0.25) is 4.98 Å². The van der Waals surface area contributed by atoms with Gasteiger partial charge in [-0.2, -0.15) is 5.26 Å². The summed E-state index contributed by atoms with van der Waals surface area (Å²) < 4.78 is 19.1. The predicted molar refractivity (Wildman–Crippen MR) is 87.4 cm³/mol. The van der Waals surface area contributed by atoms with E-state index in [0.717, 1.165) is 0 Å². The second kappa shape index (κ2) is 7.09. The summed E-state index contributed by atoms with van der Waals surface area (Å²) in [5.41, 5.74) is 1.00. The minimum absolute atomic E-state index is 0.192. The zero-order valence-corrected chi connectivity index (χ0v) is 13.8. The molecule has 1 heterocycles. The maximum Gasteiger partial charge on any atom is 0.407 e. The van der Waals surface area contributed by atoms with Crippen LogP contribution in [0.25, 0.3) is 11.1 Å². The first-order valence-corrected chi connectivity index (χ1v) is 7.41. The summed E-state index contributed by atoms with van der Waals surface area (Å²) in [5.74, 6) is -0.476. The van der Waals surface area contributed by atoms with E-state index in [0.29, 0.717) is 11.3 Å². The van der Waals surface area contributed by atoms with Gasteiger partial charge in [-0.25, -0.2) is 9.18 Å². The summed E-state index contributed by atoms with van der Waals surface area (Å²) in [6.45, 7) is 5.53. The molecule has 124 valence electrons. The third kappa shape index (κ3) is 4.53. The van der Waals surface area contributed by atoms with Crippen LogP contribution in [0, 0.1) is 17.1 Å². The van der Waals surface area contributed by atoms with Crippen molar-refractivity contribution in [3.8, 4) is 17.2 Å². The van der Waals surface area contributed by atoms with Gasteiger partial charge in [0.15, 0.2) is 0 Å². The minimum atomic E-state index is -0.570. The Balaban J connectivity index is 2.10. The Kier molecular flexibility index (Phi) is 5.14. The number of hydrogen-bond acceptors (Lipinski definition) is 4. The van der Waals surface area contributed by atoms with Crippen LogP contribution in [0.2, 0.25) is 0 Å². The molecular weight excluding hydrogens is 309 g/mol. The monoisotopic (exact) mass is 327 g/mol. The number of nitrogens with one attached hydrogen (secondary N) is 1. The number of nitrogens with zero attached hydrogens (tertiary/aromatic N) is 2. The molecule has 0 saturated heterocycles. The molecule has 0 fully saturated rings. The van der Waals surface area contributed by atoms with E-state index >= 15 is 0 Å². The first-order chi connectivity index (χ1) is 11.3. The molecule has 0 aliphatic carbocycles. The summed E-state index contributed by atoms with van der Waals surface area (Å²) in [4.78, 5) is 15.8. The second-order valence-corrected chi connectivity index (χ2v) is 6.17. The predicted octanol–water partition coefficient (Wildman–Crippen LogP) is 3.78. The third-order valence-corrected chi connectivity index (χ3v) is 3.06. The highest BCUT2D eigenvalue weighted by atomic mass is 19.1. The number of hydrogen-bond donors (Lipinski definition) is 1. The maximum absolute atomic E-state index is 14.0. The topological polar surface area (TPSA) is 75.0 Å². The number of ether oxygens (including phenoxy) is 1. The van der Waals surface area contributed by atoms with Gasteiger partial charge in [-0.15, -0.1) is 0 Å². The molecule has 0 radical (unpaired) electrons. The van der Waals surface area contributed by atoms with E-state index < -0.39 is 17.5 Å². The van der Waals surface area contributed by atoms with Crippen molar-refractivity contribution >= 4 is 6.09 Å². The summed E-state index contributed by atoms with van der Waals surface area (Å²) in [5, 5.41) is 11.7. The largest absolute Gasteiger partial charge is 0.444 e. The van der Waals surface area contributed by atoms with Crippen molar-refractivity contribution in [3.63, 3.8) is 0 Å². The van der Waals surface area contributed by atoms with Gasteiger partial charge in [0.25, 0.3) is 0 Å². The van der Waals surface area contributed by atoms with Gasteiger partial charge < -0.3 is 10.1 Å². The van der Waals surface area contributed by atoms with Gasteiger partial charge in [0.2, 0.25) is 0 Å². The van der Waals surface area contributed by atoms with Crippen molar-refractivity contribution in [2.75, 3.05) is 0 Å². The van der Waals surface area contributed by atoms with Crippen LogP contribution in [0.4, 0.5) is 9.18 Å². The Morgan fingerprint density at radius 2 is 2.08 bits per heavy atom. The number of carbonyl (C=O) groups is 1. The lowest BCUT2D eigenvalue weighted by atomic mass is 10.0. The second-order valence-electron chi connectivity index (χ2n) is 6.17. The minimum Gasteiger partial charge on any atom is -0.444 e. The number of pyridine rings is 1. The fourth-order valence-electron chi connectivity index (χ4n) is 2.06. The Labute approximate surface area is 140 Å². The van der Waals surface area contributed by atoms with Crippen LogP contribution < -0.4 is 5.32 Å². The van der Waals surface area contributed by atoms with E-state index in [1.54, 1.807) is 39.0 Å². The molecule has 0 aliphatic heterocycles. The first-order valence-electron chi connectivity index (χ1n) is 7.41. The molecular formula is C18H18FN3O2. The maximum atomic E-state index is 14.0. The Hall–Kier alpha value is -2.94. The first kappa shape index (κ1) is 17.4. The highest BCUT2D eigenvalue weighted by molar-refractivity contribution is 5.70. The van der Waals surface area contributed by atoms with Crippen LogP contribution in [0.15, 0.2) is 36.5 Å². The SMILES string of the molecule is CC(C)(C)OC(=O)NCc1ccc(-c2c(F)cccc2C#N)cn1. The molecule has 1 amide bonds. The third-order valence-electron chi connectivity index (χ3n) is 3.06. The lowest BCUT2D eigenvalue weighted by Gasteiger charge is -2.19. The Morgan fingerprint density at radius 3 is 2.67 bits per heavy atom. The highest BCUT2D eigenvalue weighted by Crippen LogP contribution is 2.26. The van der Waals surface area contributed by atoms with Crippen molar-refractivity contribution in [1.29, 1.82) is 5.26 Å². The summed E-state index contributed by atoms with van der Waals surface area (Å²) >= 11 is 0. The molecule has 2 rings (SSSR count). The number of carbonyl (C=O) groups excluding carboxylic acids is 1. The quantitative estimate of drug-likeness (QED) is 0.931. The van der Waals surface area contributed by atoms with Gasteiger partial charge in [-0.05, 0) is 39.0 Å². The summed E-state index contributed by atoms with van der Waals surface area (Å²) in [6, 6.07) is 9.64. The van der Waals surface area contributed by atoms with Crippen molar-refractivity contribution in [2.24, 2.45) is 0 Å². The number of alkyl carbamates (subject to hydrolysis) is 1. The van der Waals surface area contributed by atoms with Crippen molar-refractivity contribution < 1.29 is 13.9 Å². The van der Waals surface area contributed by atoms with Gasteiger partial charge in [0.1, 0.15) is 11.4 Å². The standard InChI is InChI=1S/C18H18FN3O2/c1-18(2,3)24-17(23)22-11-14-8-7-13(10-21-14)16-12(9-20)5-4-6-15(16)19/h4-8,10H,11H2,1-3H3,(H,22,23). The fraction of sp³-hybridized carbons (Fsp3) is 0.278. The van der Waals surface area contributed by atoms with Crippen LogP contribution in [-0.2, 0) is 11.3 Å². The lowest BCUT2D eigenvalue weighted by Crippen LogP contribution is -2.32.